The van der Waals surface area contributed by atoms with E-state index in [4.69, 9.17) is 0 Å². The topological polar surface area (TPSA) is 26.7 Å². The van der Waals surface area contributed by atoms with Gasteiger partial charge in [-0.3, -0.25) is 4.90 Å². The maximum atomic E-state index is 10.1. The summed E-state index contributed by atoms with van der Waals surface area (Å²) in [6.07, 6.45) is 1.13. The van der Waals surface area contributed by atoms with Gasteiger partial charge in [0.15, 0.2) is 0 Å². The van der Waals surface area contributed by atoms with E-state index < -0.39 is 0 Å². The van der Waals surface area contributed by atoms with Crippen molar-refractivity contribution >= 4 is 0 Å². The summed E-state index contributed by atoms with van der Waals surface area (Å²) >= 11 is 0. The summed E-state index contributed by atoms with van der Waals surface area (Å²) in [5, 5.41) is 10.1. The van der Waals surface area contributed by atoms with E-state index in [0.717, 1.165) is 37.2 Å². The Hall–Kier alpha value is -1.06. The molecule has 1 aromatic rings. The molecule has 0 saturated carbocycles. The van der Waals surface area contributed by atoms with E-state index in [-0.39, 0.29) is 6.04 Å². The van der Waals surface area contributed by atoms with Gasteiger partial charge >= 0.3 is 0 Å². The molecule has 1 unspecified atom stereocenters. The molecule has 0 radical (unpaired) electrons. The Morgan fingerprint density at radius 3 is 2.37 bits per heavy atom. The largest absolute Gasteiger partial charge is 0.508 e. The number of phenolic OH excluding ortho intramolecular Hbond substituents is 1. The summed E-state index contributed by atoms with van der Waals surface area (Å²) in [7, 11) is 4.19. The summed E-state index contributed by atoms with van der Waals surface area (Å²) in [6.45, 7) is 9.50. The Labute approximate surface area is 117 Å². The molecule has 3 heteroatoms. The molecule has 1 rings (SSSR count). The minimum atomic E-state index is 0.250. The molecule has 1 atom stereocenters. The third-order valence-electron chi connectivity index (χ3n) is 3.53. The van der Waals surface area contributed by atoms with Gasteiger partial charge in [0.05, 0.1) is 0 Å². The molecular weight excluding hydrogens is 236 g/mol. The van der Waals surface area contributed by atoms with Crippen molar-refractivity contribution in [2.24, 2.45) is 0 Å². The highest BCUT2D eigenvalue weighted by atomic mass is 16.3. The van der Waals surface area contributed by atoms with Crippen molar-refractivity contribution in [1.29, 1.82) is 0 Å². The third-order valence-corrected chi connectivity index (χ3v) is 3.53. The summed E-state index contributed by atoms with van der Waals surface area (Å²) in [5.74, 6) is 0.415. The molecule has 0 fully saturated rings. The van der Waals surface area contributed by atoms with Crippen LogP contribution in [0.2, 0.25) is 0 Å². The van der Waals surface area contributed by atoms with Crippen molar-refractivity contribution in [3.8, 4) is 5.75 Å². The molecule has 0 heterocycles. The van der Waals surface area contributed by atoms with Gasteiger partial charge in [-0.25, -0.2) is 0 Å². The van der Waals surface area contributed by atoms with Gasteiger partial charge in [0, 0.05) is 24.7 Å². The summed E-state index contributed by atoms with van der Waals surface area (Å²) in [5.41, 5.74) is 2.13. The average Bonchev–Trinajstić information content (AvgIpc) is 2.33. The number of aromatic hydroxyl groups is 1. The lowest BCUT2D eigenvalue weighted by Crippen LogP contribution is -2.34. The van der Waals surface area contributed by atoms with Gasteiger partial charge in [-0.2, -0.15) is 0 Å². The summed E-state index contributed by atoms with van der Waals surface area (Å²) < 4.78 is 0. The van der Waals surface area contributed by atoms with E-state index in [2.05, 4.69) is 43.8 Å². The van der Waals surface area contributed by atoms with Gasteiger partial charge in [-0.15, -0.1) is 0 Å². The normalized spacial score (nSPS) is 13.2. The van der Waals surface area contributed by atoms with E-state index >= 15 is 0 Å². The Morgan fingerprint density at radius 2 is 1.84 bits per heavy atom. The van der Waals surface area contributed by atoms with Crippen LogP contribution in [-0.4, -0.2) is 48.6 Å². The van der Waals surface area contributed by atoms with E-state index in [1.165, 1.54) is 0 Å². The summed E-state index contributed by atoms with van der Waals surface area (Å²) in [6, 6.07) is 6.22. The van der Waals surface area contributed by atoms with E-state index in [1.54, 1.807) is 0 Å². The predicted octanol–water partition coefficient (Wildman–Crippen LogP) is 3.04. The monoisotopic (exact) mass is 264 g/mol. The van der Waals surface area contributed by atoms with Crippen molar-refractivity contribution < 1.29 is 5.11 Å². The number of hydrogen-bond acceptors (Lipinski definition) is 3. The highest BCUT2D eigenvalue weighted by Gasteiger charge is 2.17. The molecule has 0 saturated heterocycles. The molecule has 0 spiro atoms. The van der Waals surface area contributed by atoms with E-state index in [9.17, 15) is 5.11 Å². The number of likely N-dealkylation sites (N-methyl/N-ethyl adjacent to an activating group) is 1. The lowest BCUT2D eigenvalue weighted by atomic mass is 10.0. The predicted molar refractivity (Wildman–Crippen MR) is 81.7 cm³/mol. The molecular formula is C16H28N2O. The van der Waals surface area contributed by atoms with Crippen molar-refractivity contribution in [2.45, 2.75) is 33.2 Å². The number of nitrogens with zero attached hydrogens (tertiary/aromatic N) is 2. The number of benzene rings is 1. The van der Waals surface area contributed by atoms with Crippen LogP contribution >= 0.6 is 0 Å². The highest BCUT2D eigenvalue weighted by Crippen LogP contribution is 2.29. The van der Waals surface area contributed by atoms with Crippen LogP contribution in [0.25, 0.3) is 0 Å². The molecule has 0 aliphatic heterocycles. The molecule has 1 aromatic carbocycles. The average molecular weight is 264 g/mol. The van der Waals surface area contributed by atoms with Crippen molar-refractivity contribution in [2.75, 3.05) is 33.7 Å². The zero-order valence-corrected chi connectivity index (χ0v) is 13.0. The van der Waals surface area contributed by atoms with Crippen molar-refractivity contribution in [3.63, 3.8) is 0 Å². The number of hydrogen-bond donors (Lipinski definition) is 1. The molecule has 0 amide bonds. The van der Waals surface area contributed by atoms with Crippen LogP contribution in [0.4, 0.5) is 0 Å². The van der Waals surface area contributed by atoms with Crippen LogP contribution in [0, 0.1) is 6.92 Å². The summed E-state index contributed by atoms with van der Waals surface area (Å²) in [4.78, 5) is 4.63. The van der Waals surface area contributed by atoms with Crippen molar-refractivity contribution in [1.82, 2.24) is 9.80 Å². The molecule has 0 bridgehead atoms. The first-order valence-corrected chi connectivity index (χ1v) is 7.14. The fourth-order valence-corrected chi connectivity index (χ4v) is 2.32. The molecule has 0 aliphatic carbocycles. The van der Waals surface area contributed by atoms with Gasteiger partial charge in [-0.1, -0.05) is 19.1 Å². The number of phenols is 1. The maximum Gasteiger partial charge on any atom is 0.120 e. The number of aryl methyl sites for hydroxylation is 1. The van der Waals surface area contributed by atoms with E-state index in [1.807, 2.05) is 19.1 Å². The van der Waals surface area contributed by atoms with Crippen LogP contribution in [-0.2, 0) is 0 Å². The second-order valence-corrected chi connectivity index (χ2v) is 5.58. The van der Waals surface area contributed by atoms with Crippen LogP contribution in [0.5, 0.6) is 5.75 Å². The molecule has 3 nitrogen and oxygen atoms in total. The zero-order valence-electron chi connectivity index (χ0n) is 13.0. The van der Waals surface area contributed by atoms with Gasteiger partial charge in [-0.05, 0) is 52.5 Å². The zero-order chi connectivity index (χ0) is 14.4. The first-order chi connectivity index (χ1) is 8.95. The van der Waals surface area contributed by atoms with Crippen LogP contribution in [0.15, 0.2) is 18.2 Å². The third kappa shape index (κ3) is 4.84. The Morgan fingerprint density at radius 1 is 1.16 bits per heavy atom. The standard InChI is InChI=1S/C16H28N2O/c1-6-9-18(11-10-17(4)5)14(3)15-8-7-13(2)12-16(15)19/h7-8,12,14,19H,6,9-11H2,1-5H3. The quantitative estimate of drug-likeness (QED) is 0.820. The minimum absolute atomic E-state index is 0.250. The lowest BCUT2D eigenvalue weighted by molar-refractivity contribution is 0.187. The molecule has 0 aromatic heterocycles. The fourth-order valence-electron chi connectivity index (χ4n) is 2.32. The Bertz CT molecular complexity index is 390. The minimum Gasteiger partial charge on any atom is -0.508 e. The maximum absolute atomic E-state index is 10.1. The molecule has 108 valence electrons. The van der Waals surface area contributed by atoms with Crippen molar-refractivity contribution in [3.05, 3.63) is 29.3 Å². The molecule has 19 heavy (non-hydrogen) atoms. The van der Waals surface area contributed by atoms with Gasteiger partial charge in [0.25, 0.3) is 0 Å². The molecule has 1 N–H and O–H groups in total. The molecule has 0 aliphatic rings. The van der Waals surface area contributed by atoms with Crippen LogP contribution < -0.4 is 0 Å². The van der Waals surface area contributed by atoms with Crippen LogP contribution in [0.1, 0.15) is 37.4 Å². The Kier molecular flexibility index (Phi) is 6.32. The van der Waals surface area contributed by atoms with E-state index in [0.29, 0.717) is 5.75 Å². The second kappa shape index (κ2) is 7.51. The lowest BCUT2D eigenvalue weighted by Gasteiger charge is -2.30. The number of rotatable bonds is 7. The Balaban J connectivity index is 2.82. The SMILES string of the molecule is CCCN(CCN(C)C)C(C)c1ccc(C)cc1O. The second-order valence-electron chi connectivity index (χ2n) is 5.58. The van der Waals surface area contributed by atoms with Crippen LogP contribution in [0.3, 0.4) is 0 Å². The van der Waals surface area contributed by atoms with Gasteiger partial charge < -0.3 is 10.0 Å². The smallest absolute Gasteiger partial charge is 0.120 e. The van der Waals surface area contributed by atoms with Gasteiger partial charge in [0.1, 0.15) is 5.75 Å². The first-order valence-electron chi connectivity index (χ1n) is 7.14. The highest BCUT2D eigenvalue weighted by molar-refractivity contribution is 5.37. The van der Waals surface area contributed by atoms with Gasteiger partial charge in [0.2, 0.25) is 0 Å². The first kappa shape index (κ1) is 16.0. The fraction of sp³-hybridized carbons (Fsp3) is 0.625.